The topological polar surface area (TPSA) is 30.5 Å². The van der Waals surface area contributed by atoms with E-state index in [0.717, 1.165) is 32.1 Å². The lowest BCUT2D eigenvalue weighted by Gasteiger charge is -2.42. The van der Waals surface area contributed by atoms with Gasteiger partial charge in [0.05, 0.1) is 18.3 Å². The zero-order valence-electron chi connectivity index (χ0n) is 13.6. The van der Waals surface area contributed by atoms with Gasteiger partial charge in [-0.15, -0.1) is 0 Å². The molecule has 2 fully saturated rings. The summed E-state index contributed by atoms with van der Waals surface area (Å²) in [4.78, 5) is 0. The highest BCUT2D eigenvalue weighted by atomic mass is 16.6. The summed E-state index contributed by atoms with van der Waals surface area (Å²) in [5.74, 6) is 0.926. The highest BCUT2D eigenvalue weighted by Gasteiger charge is 2.38. The van der Waals surface area contributed by atoms with Crippen molar-refractivity contribution in [2.75, 3.05) is 19.8 Å². The van der Waals surface area contributed by atoms with Crippen LogP contribution in [0.5, 0.6) is 0 Å². The summed E-state index contributed by atoms with van der Waals surface area (Å²) in [5, 5.41) is 3.61. The number of hydrogen-bond acceptors (Lipinski definition) is 3. The van der Waals surface area contributed by atoms with Gasteiger partial charge in [0, 0.05) is 19.2 Å². The molecule has 1 heterocycles. The van der Waals surface area contributed by atoms with E-state index in [2.05, 4.69) is 26.1 Å². The summed E-state index contributed by atoms with van der Waals surface area (Å²) in [6.45, 7) is 9.40. The van der Waals surface area contributed by atoms with Gasteiger partial charge in [-0.2, -0.15) is 0 Å². The van der Waals surface area contributed by atoms with E-state index in [1.54, 1.807) is 0 Å². The lowest BCUT2D eigenvalue weighted by molar-refractivity contribution is -0.118. The Labute approximate surface area is 124 Å². The maximum atomic E-state index is 6.53. The first kappa shape index (κ1) is 16.3. The Kier molecular flexibility index (Phi) is 6.31. The summed E-state index contributed by atoms with van der Waals surface area (Å²) in [6, 6.07) is 0.531. The summed E-state index contributed by atoms with van der Waals surface area (Å²) in [5.41, 5.74) is 0.0624. The van der Waals surface area contributed by atoms with Crippen molar-refractivity contribution in [2.45, 2.75) is 83.5 Å². The van der Waals surface area contributed by atoms with E-state index in [0.29, 0.717) is 12.1 Å². The Balaban J connectivity index is 1.90. The largest absolute Gasteiger partial charge is 0.379 e. The average molecular weight is 283 g/mol. The van der Waals surface area contributed by atoms with Gasteiger partial charge >= 0.3 is 0 Å². The number of ether oxygens (including phenoxy) is 2. The van der Waals surface area contributed by atoms with Crippen LogP contribution in [0.4, 0.5) is 0 Å². The normalized spacial score (nSPS) is 34.8. The molecular formula is C17H33NO2. The van der Waals surface area contributed by atoms with Gasteiger partial charge in [-0.05, 0) is 38.0 Å². The number of rotatable bonds is 7. The molecule has 2 rings (SSSR count). The van der Waals surface area contributed by atoms with Crippen LogP contribution in [0, 0.1) is 5.92 Å². The minimum Gasteiger partial charge on any atom is -0.379 e. The number of nitrogens with one attached hydrogen (secondary N) is 1. The zero-order valence-corrected chi connectivity index (χ0v) is 13.6. The van der Waals surface area contributed by atoms with Gasteiger partial charge in [0.1, 0.15) is 0 Å². The molecule has 0 amide bonds. The molecule has 1 unspecified atom stereocenters. The first-order chi connectivity index (χ1) is 9.63. The maximum absolute atomic E-state index is 6.53. The third-order valence-electron chi connectivity index (χ3n) is 4.85. The quantitative estimate of drug-likeness (QED) is 0.775. The molecule has 0 aromatic heterocycles. The van der Waals surface area contributed by atoms with Crippen LogP contribution >= 0.6 is 0 Å². The molecule has 2 aliphatic rings. The molecule has 1 saturated carbocycles. The molecule has 20 heavy (non-hydrogen) atoms. The van der Waals surface area contributed by atoms with E-state index in [1.807, 2.05) is 0 Å². The van der Waals surface area contributed by atoms with E-state index >= 15 is 0 Å². The molecule has 0 spiro atoms. The Morgan fingerprint density at radius 3 is 2.55 bits per heavy atom. The van der Waals surface area contributed by atoms with Crippen molar-refractivity contribution in [3.05, 3.63) is 0 Å². The summed E-state index contributed by atoms with van der Waals surface area (Å²) < 4.78 is 12.0. The van der Waals surface area contributed by atoms with Crippen LogP contribution in [-0.2, 0) is 9.47 Å². The molecular weight excluding hydrogens is 250 g/mol. The second-order valence-corrected chi connectivity index (χ2v) is 7.05. The predicted octanol–water partition coefficient (Wildman–Crippen LogP) is 3.52. The van der Waals surface area contributed by atoms with Crippen LogP contribution in [0.2, 0.25) is 0 Å². The Hall–Kier alpha value is -0.120. The standard InChI is InChI=1S/C17H33NO2/c1-4-5-15-6-9-17(10-7-15,13-18-14(2)3)20-16-8-11-19-12-16/h14-16,18H,4-13H2,1-3H3. The predicted molar refractivity (Wildman–Crippen MR) is 83.0 cm³/mol. The van der Waals surface area contributed by atoms with Gasteiger partial charge in [-0.25, -0.2) is 0 Å². The molecule has 0 aromatic carbocycles. The van der Waals surface area contributed by atoms with Crippen molar-refractivity contribution in [3.8, 4) is 0 Å². The van der Waals surface area contributed by atoms with E-state index in [9.17, 15) is 0 Å². The van der Waals surface area contributed by atoms with E-state index in [-0.39, 0.29) is 5.60 Å². The van der Waals surface area contributed by atoms with Gasteiger partial charge in [0.2, 0.25) is 0 Å². The monoisotopic (exact) mass is 283 g/mol. The Bertz CT molecular complexity index is 266. The molecule has 1 atom stereocenters. The molecule has 0 aromatic rings. The Morgan fingerprint density at radius 1 is 1.25 bits per heavy atom. The van der Waals surface area contributed by atoms with Gasteiger partial charge in [0.25, 0.3) is 0 Å². The fraction of sp³-hybridized carbons (Fsp3) is 1.00. The summed E-state index contributed by atoms with van der Waals surface area (Å²) in [6.07, 6.45) is 9.21. The van der Waals surface area contributed by atoms with Crippen LogP contribution < -0.4 is 5.32 Å². The smallest absolute Gasteiger partial charge is 0.0838 e. The second-order valence-electron chi connectivity index (χ2n) is 7.05. The summed E-state index contributed by atoms with van der Waals surface area (Å²) in [7, 11) is 0. The van der Waals surface area contributed by atoms with Crippen LogP contribution in [0.15, 0.2) is 0 Å². The highest BCUT2D eigenvalue weighted by Crippen LogP contribution is 2.38. The van der Waals surface area contributed by atoms with Crippen LogP contribution in [0.25, 0.3) is 0 Å². The highest BCUT2D eigenvalue weighted by molar-refractivity contribution is 4.91. The van der Waals surface area contributed by atoms with Crippen LogP contribution in [-0.4, -0.2) is 37.5 Å². The van der Waals surface area contributed by atoms with Gasteiger partial charge in [-0.3, -0.25) is 0 Å². The first-order valence-corrected chi connectivity index (χ1v) is 8.62. The lowest BCUT2D eigenvalue weighted by Crippen LogP contribution is -2.49. The molecule has 1 aliphatic carbocycles. The SMILES string of the molecule is CCCC1CCC(CNC(C)C)(OC2CCOC2)CC1. The van der Waals surface area contributed by atoms with E-state index in [4.69, 9.17) is 9.47 Å². The first-order valence-electron chi connectivity index (χ1n) is 8.62. The molecule has 0 bridgehead atoms. The molecule has 1 saturated heterocycles. The Morgan fingerprint density at radius 2 is 2.00 bits per heavy atom. The zero-order chi connectivity index (χ0) is 14.4. The van der Waals surface area contributed by atoms with Crippen molar-refractivity contribution < 1.29 is 9.47 Å². The maximum Gasteiger partial charge on any atom is 0.0838 e. The molecule has 3 heteroatoms. The van der Waals surface area contributed by atoms with E-state index < -0.39 is 0 Å². The molecule has 1 N–H and O–H groups in total. The van der Waals surface area contributed by atoms with Crippen LogP contribution in [0.1, 0.15) is 65.7 Å². The molecule has 3 nitrogen and oxygen atoms in total. The minimum absolute atomic E-state index is 0.0624. The van der Waals surface area contributed by atoms with Crippen molar-refractivity contribution in [3.63, 3.8) is 0 Å². The van der Waals surface area contributed by atoms with Crippen molar-refractivity contribution >= 4 is 0 Å². The number of hydrogen-bond donors (Lipinski definition) is 1. The second kappa shape index (κ2) is 7.77. The molecule has 1 aliphatic heterocycles. The van der Waals surface area contributed by atoms with Crippen LogP contribution in [0.3, 0.4) is 0 Å². The van der Waals surface area contributed by atoms with Gasteiger partial charge in [0.15, 0.2) is 0 Å². The average Bonchev–Trinajstić information content (AvgIpc) is 2.92. The molecule has 0 radical (unpaired) electrons. The van der Waals surface area contributed by atoms with Crippen molar-refractivity contribution in [2.24, 2.45) is 5.92 Å². The lowest BCUT2D eigenvalue weighted by atomic mass is 9.76. The fourth-order valence-electron chi connectivity index (χ4n) is 3.59. The third-order valence-corrected chi connectivity index (χ3v) is 4.85. The minimum atomic E-state index is 0.0624. The molecule has 118 valence electrons. The van der Waals surface area contributed by atoms with Crippen molar-refractivity contribution in [1.82, 2.24) is 5.32 Å². The van der Waals surface area contributed by atoms with Crippen molar-refractivity contribution in [1.29, 1.82) is 0 Å². The fourth-order valence-corrected chi connectivity index (χ4v) is 3.59. The van der Waals surface area contributed by atoms with Gasteiger partial charge < -0.3 is 14.8 Å². The third kappa shape index (κ3) is 4.71. The summed E-state index contributed by atoms with van der Waals surface area (Å²) >= 11 is 0. The van der Waals surface area contributed by atoms with E-state index in [1.165, 1.54) is 38.5 Å². The van der Waals surface area contributed by atoms with Gasteiger partial charge in [-0.1, -0.05) is 33.6 Å².